The van der Waals surface area contributed by atoms with Gasteiger partial charge >= 0.3 is 0 Å². The van der Waals surface area contributed by atoms with Crippen molar-refractivity contribution in [2.24, 2.45) is 0 Å². The monoisotopic (exact) mass is 217 g/mol. The molecule has 0 aliphatic carbocycles. The van der Waals surface area contributed by atoms with Crippen LogP contribution in [0.25, 0.3) is 5.52 Å². The standard InChI is InChI=1S/C12H15N3O/c1-16-11-6-2-4-9-8-14-12(15(9)11)10-5-3-7-13-10/h2,4,6,8,10,13H,3,5,7H2,1H3. The summed E-state index contributed by atoms with van der Waals surface area (Å²) in [6.45, 7) is 1.08. The molecule has 0 aromatic carbocycles. The Morgan fingerprint density at radius 3 is 3.19 bits per heavy atom. The number of aromatic nitrogens is 2. The molecule has 1 saturated heterocycles. The molecule has 0 amide bonds. The van der Waals surface area contributed by atoms with Crippen LogP contribution in [0.2, 0.25) is 0 Å². The smallest absolute Gasteiger partial charge is 0.199 e. The first kappa shape index (κ1) is 9.66. The summed E-state index contributed by atoms with van der Waals surface area (Å²) >= 11 is 0. The summed E-state index contributed by atoms with van der Waals surface area (Å²) < 4.78 is 7.47. The van der Waals surface area contributed by atoms with E-state index in [0.29, 0.717) is 6.04 Å². The highest BCUT2D eigenvalue weighted by Gasteiger charge is 2.21. The number of hydrogen-bond acceptors (Lipinski definition) is 3. The maximum absolute atomic E-state index is 5.38. The quantitative estimate of drug-likeness (QED) is 0.833. The molecule has 1 N–H and O–H groups in total. The fourth-order valence-electron chi connectivity index (χ4n) is 2.35. The van der Waals surface area contributed by atoms with E-state index in [1.807, 2.05) is 24.4 Å². The van der Waals surface area contributed by atoms with Gasteiger partial charge in [0.2, 0.25) is 0 Å². The van der Waals surface area contributed by atoms with Crippen LogP contribution in [0.5, 0.6) is 5.88 Å². The third kappa shape index (κ3) is 1.38. The van der Waals surface area contributed by atoms with Gasteiger partial charge in [0.05, 0.1) is 24.9 Å². The lowest BCUT2D eigenvalue weighted by atomic mass is 10.2. The van der Waals surface area contributed by atoms with E-state index in [9.17, 15) is 0 Å². The Morgan fingerprint density at radius 1 is 1.50 bits per heavy atom. The molecular weight excluding hydrogens is 202 g/mol. The number of imidazole rings is 1. The van der Waals surface area contributed by atoms with E-state index in [-0.39, 0.29) is 0 Å². The van der Waals surface area contributed by atoms with Crippen molar-refractivity contribution in [3.05, 3.63) is 30.2 Å². The number of hydrogen-bond donors (Lipinski definition) is 1. The molecule has 1 fully saturated rings. The van der Waals surface area contributed by atoms with Crippen molar-refractivity contribution in [1.82, 2.24) is 14.7 Å². The lowest BCUT2D eigenvalue weighted by molar-refractivity contribution is 0.387. The summed E-state index contributed by atoms with van der Waals surface area (Å²) in [6.07, 6.45) is 4.27. The van der Waals surface area contributed by atoms with Gasteiger partial charge in [-0.25, -0.2) is 4.98 Å². The highest BCUT2D eigenvalue weighted by molar-refractivity contribution is 5.49. The third-order valence-electron chi connectivity index (χ3n) is 3.12. The van der Waals surface area contributed by atoms with Gasteiger partial charge in [0.1, 0.15) is 5.82 Å². The molecule has 2 aromatic heterocycles. The number of fused-ring (bicyclic) bond motifs is 1. The minimum Gasteiger partial charge on any atom is -0.482 e. The van der Waals surface area contributed by atoms with Crippen LogP contribution in [-0.4, -0.2) is 23.0 Å². The van der Waals surface area contributed by atoms with Gasteiger partial charge in [-0.3, -0.25) is 4.40 Å². The molecule has 1 aliphatic heterocycles. The van der Waals surface area contributed by atoms with Gasteiger partial charge in [-0.2, -0.15) is 0 Å². The SMILES string of the molecule is COc1cccc2cnc(C3CCCN3)n12. The molecule has 4 heteroatoms. The van der Waals surface area contributed by atoms with Gasteiger partial charge in [0, 0.05) is 0 Å². The van der Waals surface area contributed by atoms with Crippen molar-refractivity contribution in [3.8, 4) is 5.88 Å². The molecule has 4 nitrogen and oxygen atoms in total. The molecule has 16 heavy (non-hydrogen) atoms. The van der Waals surface area contributed by atoms with E-state index in [1.165, 1.54) is 6.42 Å². The number of nitrogens with zero attached hydrogens (tertiary/aromatic N) is 2. The van der Waals surface area contributed by atoms with Gasteiger partial charge in [-0.15, -0.1) is 0 Å². The highest BCUT2D eigenvalue weighted by atomic mass is 16.5. The van der Waals surface area contributed by atoms with Crippen LogP contribution >= 0.6 is 0 Å². The van der Waals surface area contributed by atoms with Crippen LogP contribution in [0.3, 0.4) is 0 Å². The number of pyridine rings is 1. The molecule has 84 valence electrons. The third-order valence-corrected chi connectivity index (χ3v) is 3.12. The Kier molecular flexibility index (Phi) is 2.29. The molecular formula is C12H15N3O. The van der Waals surface area contributed by atoms with Gasteiger partial charge < -0.3 is 10.1 Å². The zero-order chi connectivity index (χ0) is 11.0. The summed E-state index contributed by atoms with van der Waals surface area (Å²) in [5.41, 5.74) is 1.09. The molecule has 1 aliphatic rings. The first-order valence-corrected chi connectivity index (χ1v) is 5.64. The fourth-order valence-corrected chi connectivity index (χ4v) is 2.35. The van der Waals surface area contributed by atoms with E-state index >= 15 is 0 Å². The first-order chi connectivity index (χ1) is 7.90. The molecule has 1 atom stereocenters. The minimum atomic E-state index is 0.360. The second kappa shape index (κ2) is 3.79. The second-order valence-electron chi connectivity index (χ2n) is 4.09. The number of nitrogens with one attached hydrogen (secondary N) is 1. The Labute approximate surface area is 94.3 Å². The summed E-state index contributed by atoms with van der Waals surface area (Å²) in [5.74, 6) is 1.91. The zero-order valence-electron chi connectivity index (χ0n) is 9.31. The summed E-state index contributed by atoms with van der Waals surface area (Å²) in [4.78, 5) is 4.51. The lowest BCUT2D eigenvalue weighted by Crippen LogP contribution is -2.16. The average Bonchev–Trinajstić information content (AvgIpc) is 2.96. The van der Waals surface area contributed by atoms with E-state index in [2.05, 4.69) is 14.7 Å². The Hall–Kier alpha value is -1.55. The maximum atomic E-state index is 5.38. The van der Waals surface area contributed by atoms with Crippen molar-refractivity contribution in [2.75, 3.05) is 13.7 Å². The Balaban J connectivity index is 2.16. The zero-order valence-corrected chi connectivity index (χ0v) is 9.31. The van der Waals surface area contributed by atoms with Crippen molar-refractivity contribution in [1.29, 1.82) is 0 Å². The van der Waals surface area contributed by atoms with Crippen molar-refractivity contribution in [3.63, 3.8) is 0 Å². The molecule has 3 rings (SSSR count). The van der Waals surface area contributed by atoms with Crippen LogP contribution in [-0.2, 0) is 0 Å². The van der Waals surface area contributed by atoms with Gasteiger partial charge in [-0.05, 0) is 31.5 Å². The predicted octanol–water partition coefficient (Wildman–Crippen LogP) is 1.77. The normalized spacial score (nSPS) is 20.4. The van der Waals surface area contributed by atoms with Crippen molar-refractivity contribution >= 4 is 5.52 Å². The fraction of sp³-hybridized carbons (Fsp3) is 0.417. The molecule has 3 heterocycles. The van der Waals surface area contributed by atoms with E-state index in [0.717, 1.165) is 30.2 Å². The summed E-state index contributed by atoms with van der Waals surface area (Å²) in [5, 5.41) is 3.46. The van der Waals surface area contributed by atoms with Crippen LogP contribution < -0.4 is 10.1 Å². The van der Waals surface area contributed by atoms with Crippen molar-refractivity contribution in [2.45, 2.75) is 18.9 Å². The van der Waals surface area contributed by atoms with Crippen LogP contribution in [0.15, 0.2) is 24.4 Å². The van der Waals surface area contributed by atoms with E-state index in [1.54, 1.807) is 7.11 Å². The molecule has 2 aromatic rings. The largest absolute Gasteiger partial charge is 0.482 e. The summed E-state index contributed by atoms with van der Waals surface area (Å²) in [6, 6.07) is 6.36. The second-order valence-corrected chi connectivity index (χ2v) is 4.09. The van der Waals surface area contributed by atoms with Gasteiger partial charge in [0.15, 0.2) is 5.88 Å². The topological polar surface area (TPSA) is 38.6 Å². The minimum absolute atomic E-state index is 0.360. The first-order valence-electron chi connectivity index (χ1n) is 5.64. The van der Waals surface area contributed by atoms with Gasteiger partial charge in [0.25, 0.3) is 0 Å². The number of methoxy groups -OCH3 is 1. The van der Waals surface area contributed by atoms with E-state index in [4.69, 9.17) is 4.74 Å². The Bertz CT molecular complexity index is 500. The molecule has 0 bridgehead atoms. The lowest BCUT2D eigenvalue weighted by Gasteiger charge is -2.11. The Morgan fingerprint density at radius 2 is 2.44 bits per heavy atom. The average molecular weight is 217 g/mol. The number of rotatable bonds is 2. The molecule has 0 spiro atoms. The number of ether oxygens (including phenoxy) is 1. The van der Waals surface area contributed by atoms with Crippen molar-refractivity contribution < 1.29 is 4.74 Å². The molecule has 0 radical (unpaired) electrons. The van der Waals surface area contributed by atoms with Crippen LogP contribution in [0.1, 0.15) is 24.7 Å². The van der Waals surface area contributed by atoms with Crippen LogP contribution in [0.4, 0.5) is 0 Å². The summed E-state index contributed by atoms with van der Waals surface area (Å²) in [7, 11) is 1.70. The predicted molar refractivity (Wildman–Crippen MR) is 61.7 cm³/mol. The highest BCUT2D eigenvalue weighted by Crippen LogP contribution is 2.26. The van der Waals surface area contributed by atoms with Gasteiger partial charge in [-0.1, -0.05) is 6.07 Å². The molecule has 1 unspecified atom stereocenters. The maximum Gasteiger partial charge on any atom is 0.199 e. The van der Waals surface area contributed by atoms with Crippen LogP contribution in [0, 0.1) is 0 Å². The van der Waals surface area contributed by atoms with E-state index < -0.39 is 0 Å². The molecule has 0 saturated carbocycles.